The van der Waals surface area contributed by atoms with Gasteiger partial charge in [-0.15, -0.1) is 0 Å². The van der Waals surface area contributed by atoms with Crippen LogP contribution in [0.25, 0.3) is 0 Å². The molecule has 0 heterocycles. The highest BCUT2D eigenvalue weighted by Crippen LogP contribution is 2.44. The molecule has 0 aromatic heterocycles. The van der Waals surface area contributed by atoms with Crippen LogP contribution in [0.15, 0.2) is 18.2 Å². The van der Waals surface area contributed by atoms with Gasteiger partial charge in [0, 0.05) is 0 Å². The number of aliphatic carboxylic acids is 1. The van der Waals surface area contributed by atoms with Gasteiger partial charge in [-0.1, -0.05) is 31.5 Å². The quantitative estimate of drug-likeness (QED) is 0.855. The van der Waals surface area contributed by atoms with Crippen molar-refractivity contribution in [3.8, 4) is 0 Å². The van der Waals surface area contributed by atoms with E-state index >= 15 is 0 Å². The monoisotopic (exact) mass is 312 g/mol. The zero-order valence-electron chi connectivity index (χ0n) is 12.5. The highest BCUT2D eigenvalue weighted by Gasteiger charge is 2.42. The van der Waals surface area contributed by atoms with Gasteiger partial charge in [-0.3, -0.25) is 4.79 Å². The summed E-state index contributed by atoms with van der Waals surface area (Å²) in [5, 5.41) is 9.75. The van der Waals surface area contributed by atoms with Crippen LogP contribution < -0.4 is 0 Å². The summed E-state index contributed by atoms with van der Waals surface area (Å²) in [5.74, 6) is -0.00944. The number of carboxylic acid groups (broad SMARTS) is 1. The largest absolute Gasteiger partial charge is 0.481 e. The second kappa shape index (κ2) is 6.35. The standard InChI is InChI=1S/C17H22ClFO2/c1-11(2)13-5-7-17(8-6-13,16(20)21)10-12-3-4-15(19)14(18)9-12/h3-4,9,11,13H,5-8,10H2,1-2H3,(H,20,21). The summed E-state index contributed by atoms with van der Waals surface area (Å²) < 4.78 is 13.2. The molecule has 0 atom stereocenters. The van der Waals surface area contributed by atoms with Crippen LogP contribution in [0.1, 0.15) is 45.1 Å². The fourth-order valence-corrected chi connectivity index (χ4v) is 3.57. The second-order valence-electron chi connectivity index (χ2n) is 6.59. The lowest BCUT2D eigenvalue weighted by Gasteiger charge is -2.38. The molecule has 0 bridgehead atoms. The topological polar surface area (TPSA) is 37.3 Å². The molecule has 1 aromatic carbocycles. The Hall–Kier alpha value is -1.09. The van der Waals surface area contributed by atoms with Crippen molar-refractivity contribution in [1.29, 1.82) is 0 Å². The van der Waals surface area contributed by atoms with Gasteiger partial charge in [0.05, 0.1) is 10.4 Å². The maximum Gasteiger partial charge on any atom is 0.309 e. The van der Waals surface area contributed by atoms with Crippen LogP contribution in [0.4, 0.5) is 4.39 Å². The van der Waals surface area contributed by atoms with E-state index in [0.717, 1.165) is 18.4 Å². The first kappa shape index (κ1) is 16.3. The van der Waals surface area contributed by atoms with Gasteiger partial charge >= 0.3 is 5.97 Å². The third-order valence-corrected chi connectivity index (χ3v) is 5.20. The highest BCUT2D eigenvalue weighted by molar-refractivity contribution is 6.30. The van der Waals surface area contributed by atoms with Gasteiger partial charge < -0.3 is 5.11 Å². The summed E-state index contributed by atoms with van der Waals surface area (Å²) in [6.07, 6.45) is 3.67. The molecule has 0 amide bonds. The number of hydrogen-bond donors (Lipinski definition) is 1. The fourth-order valence-electron chi connectivity index (χ4n) is 3.37. The van der Waals surface area contributed by atoms with Crippen molar-refractivity contribution < 1.29 is 14.3 Å². The van der Waals surface area contributed by atoms with Crippen molar-refractivity contribution in [2.75, 3.05) is 0 Å². The zero-order chi connectivity index (χ0) is 15.6. The van der Waals surface area contributed by atoms with Crippen molar-refractivity contribution >= 4 is 17.6 Å². The van der Waals surface area contributed by atoms with E-state index in [0.29, 0.717) is 31.1 Å². The van der Waals surface area contributed by atoms with Crippen molar-refractivity contribution in [2.45, 2.75) is 46.0 Å². The van der Waals surface area contributed by atoms with Crippen LogP contribution >= 0.6 is 11.6 Å². The van der Waals surface area contributed by atoms with Gasteiger partial charge in [-0.2, -0.15) is 0 Å². The summed E-state index contributed by atoms with van der Waals surface area (Å²) in [6.45, 7) is 4.39. The molecule has 0 radical (unpaired) electrons. The number of carboxylic acids is 1. The van der Waals surface area contributed by atoms with Gasteiger partial charge in [0.15, 0.2) is 0 Å². The third kappa shape index (κ3) is 3.57. The Bertz CT molecular complexity index is 520. The summed E-state index contributed by atoms with van der Waals surface area (Å²) in [4.78, 5) is 11.8. The molecular weight excluding hydrogens is 291 g/mol. The van der Waals surface area contributed by atoms with E-state index in [2.05, 4.69) is 13.8 Å². The second-order valence-corrected chi connectivity index (χ2v) is 7.00. The normalized spacial score (nSPS) is 26.0. The van der Waals surface area contributed by atoms with Crippen molar-refractivity contribution in [3.05, 3.63) is 34.6 Å². The molecule has 1 aliphatic carbocycles. The zero-order valence-corrected chi connectivity index (χ0v) is 13.3. The van der Waals surface area contributed by atoms with Crippen molar-refractivity contribution in [3.63, 3.8) is 0 Å². The Morgan fingerprint density at radius 1 is 1.43 bits per heavy atom. The molecule has 21 heavy (non-hydrogen) atoms. The molecule has 1 saturated carbocycles. The summed E-state index contributed by atoms with van der Waals surface area (Å²) in [7, 11) is 0. The van der Waals surface area contributed by atoms with Crippen molar-refractivity contribution in [1.82, 2.24) is 0 Å². The number of carbonyl (C=O) groups is 1. The molecule has 0 aliphatic heterocycles. The molecule has 0 unspecified atom stereocenters. The first-order valence-corrected chi connectivity index (χ1v) is 7.89. The molecular formula is C17H22ClFO2. The summed E-state index contributed by atoms with van der Waals surface area (Å²) in [5.41, 5.74) is 0.0683. The van der Waals surface area contributed by atoms with Crippen LogP contribution in [0, 0.1) is 23.1 Å². The minimum absolute atomic E-state index is 0.0592. The molecule has 2 nitrogen and oxygen atoms in total. The average Bonchev–Trinajstić information content (AvgIpc) is 2.43. The van der Waals surface area contributed by atoms with Gasteiger partial charge in [0.2, 0.25) is 0 Å². The summed E-state index contributed by atoms with van der Waals surface area (Å²) in [6, 6.07) is 4.50. The first-order valence-electron chi connectivity index (χ1n) is 7.51. The van der Waals surface area contributed by atoms with E-state index in [-0.39, 0.29) is 5.02 Å². The van der Waals surface area contributed by atoms with E-state index in [1.54, 1.807) is 12.1 Å². The van der Waals surface area contributed by atoms with E-state index < -0.39 is 17.2 Å². The van der Waals surface area contributed by atoms with Crippen molar-refractivity contribution in [2.24, 2.45) is 17.3 Å². The molecule has 1 fully saturated rings. The number of halogens is 2. The van der Waals surface area contributed by atoms with Gasteiger partial charge in [0.1, 0.15) is 5.82 Å². The molecule has 1 aromatic rings. The number of rotatable bonds is 4. The average molecular weight is 313 g/mol. The predicted molar refractivity (Wildman–Crippen MR) is 82.0 cm³/mol. The van der Waals surface area contributed by atoms with Crippen LogP contribution in [-0.4, -0.2) is 11.1 Å². The van der Waals surface area contributed by atoms with Gasteiger partial charge in [-0.05, 0) is 61.6 Å². The van der Waals surface area contributed by atoms with E-state index in [9.17, 15) is 14.3 Å². The Balaban J connectivity index is 2.16. The third-order valence-electron chi connectivity index (χ3n) is 4.91. The smallest absolute Gasteiger partial charge is 0.309 e. The molecule has 0 spiro atoms. The predicted octanol–water partition coefficient (Wildman–Crippen LogP) is 4.94. The number of benzene rings is 1. The minimum atomic E-state index is -0.745. The Morgan fingerprint density at radius 3 is 2.52 bits per heavy atom. The number of hydrogen-bond acceptors (Lipinski definition) is 1. The van der Waals surface area contributed by atoms with Crippen LogP contribution in [-0.2, 0) is 11.2 Å². The fraction of sp³-hybridized carbons (Fsp3) is 0.588. The molecule has 0 saturated heterocycles. The SMILES string of the molecule is CC(C)C1CCC(Cc2ccc(F)c(Cl)c2)(C(=O)O)CC1. The van der Waals surface area contributed by atoms with Gasteiger partial charge in [0.25, 0.3) is 0 Å². The maximum atomic E-state index is 13.2. The first-order chi connectivity index (χ1) is 9.84. The lowest BCUT2D eigenvalue weighted by Crippen LogP contribution is -2.38. The molecule has 1 aliphatic rings. The summed E-state index contributed by atoms with van der Waals surface area (Å²) >= 11 is 5.80. The Labute approximate surface area is 130 Å². The molecule has 2 rings (SSSR count). The van der Waals surface area contributed by atoms with Gasteiger partial charge in [-0.25, -0.2) is 4.39 Å². The van der Waals surface area contributed by atoms with E-state index in [1.165, 1.54) is 6.07 Å². The lowest BCUT2D eigenvalue weighted by atomic mass is 9.65. The van der Waals surface area contributed by atoms with Crippen LogP contribution in [0.3, 0.4) is 0 Å². The highest BCUT2D eigenvalue weighted by atomic mass is 35.5. The maximum absolute atomic E-state index is 13.2. The lowest BCUT2D eigenvalue weighted by molar-refractivity contribution is -0.151. The molecule has 1 N–H and O–H groups in total. The molecule has 4 heteroatoms. The van der Waals surface area contributed by atoms with E-state index in [1.807, 2.05) is 0 Å². The van der Waals surface area contributed by atoms with E-state index in [4.69, 9.17) is 11.6 Å². The van der Waals surface area contributed by atoms with Crippen LogP contribution in [0.2, 0.25) is 5.02 Å². The Morgan fingerprint density at radius 2 is 2.05 bits per heavy atom. The minimum Gasteiger partial charge on any atom is -0.481 e. The molecule has 116 valence electrons. The van der Waals surface area contributed by atoms with Crippen LogP contribution in [0.5, 0.6) is 0 Å². The Kier molecular flexibility index (Phi) is 4.92.